The highest BCUT2D eigenvalue weighted by molar-refractivity contribution is 7.20. The van der Waals surface area contributed by atoms with Crippen molar-refractivity contribution < 1.29 is 0 Å². The zero-order chi connectivity index (χ0) is 58.1. The van der Waals surface area contributed by atoms with E-state index in [9.17, 15) is 0 Å². The van der Waals surface area contributed by atoms with Crippen LogP contribution in [0.3, 0.4) is 0 Å². The molecule has 3 nitrogen and oxygen atoms in total. The lowest BCUT2D eigenvalue weighted by atomic mass is 10.0. The van der Waals surface area contributed by atoms with E-state index >= 15 is 0 Å². The quantitative estimate of drug-likeness (QED) is 0.0906. The number of aromatic nitrogens is 3. The number of fused-ring (bicyclic) bond motifs is 9. The average molecular weight is 1140 g/mol. The first-order valence-corrected chi connectivity index (χ1v) is 32.4. The van der Waals surface area contributed by atoms with Crippen molar-refractivity contribution in [1.29, 1.82) is 0 Å². The second-order valence-electron chi connectivity index (χ2n) is 23.2. The smallest absolute Gasteiger partial charge is 0.179 e. The Morgan fingerprint density at radius 3 is 0.989 bits per heavy atom. The second kappa shape index (κ2) is 21.0. The maximum atomic E-state index is 2.51. The fourth-order valence-corrected chi connectivity index (χ4v) is 19.1. The van der Waals surface area contributed by atoms with Crippen LogP contribution in [0.4, 0.5) is 0 Å². The minimum Gasteiger partial charge on any atom is -0.309 e. The van der Waals surface area contributed by atoms with Gasteiger partial charge in [0.15, 0.2) is 8.07 Å². The van der Waals surface area contributed by atoms with Gasteiger partial charge in [-0.3, -0.25) is 0 Å². The molecule has 17 rings (SSSR count). The van der Waals surface area contributed by atoms with Crippen molar-refractivity contribution in [3.8, 4) is 61.6 Å². The number of para-hydroxylation sites is 3. The molecule has 0 aliphatic carbocycles. The first-order valence-electron chi connectivity index (χ1n) is 30.4. The van der Waals surface area contributed by atoms with Crippen LogP contribution in [0.15, 0.2) is 346 Å². The van der Waals surface area contributed by atoms with E-state index < -0.39 is 8.07 Å². The number of hydrogen-bond acceptors (Lipinski definition) is 0. The lowest BCUT2D eigenvalue weighted by molar-refractivity contribution is 1.13. The summed E-state index contributed by atoms with van der Waals surface area (Å²) in [6.07, 6.45) is 0. The van der Waals surface area contributed by atoms with Crippen LogP contribution in [0, 0.1) is 0 Å². The molecule has 88 heavy (non-hydrogen) atoms. The van der Waals surface area contributed by atoms with Gasteiger partial charge >= 0.3 is 0 Å². The molecule has 0 unspecified atom stereocenters. The molecule has 0 bridgehead atoms. The van der Waals surface area contributed by atoms with Crippen LogP contribution in [-0.2, 0) is 0 Å². The van der Waals surface area contributed by atoms with Crippen molar-refractivity contribution in [2.24, 2.45) is 0 Å². The lowest BCUT2D eigenvalue weighted by Gasteiger charge is -2.35. The first-order chi connectivity index (χ1) is 43.6. The monoisotopic (exact) mass is 1140 g/mol. The van der Waals surface area contributed by atoms with Gasteiger partial charge in [0.25, 0.3) is 0 Å². The Hall–Kier alpha value is -11.3. The Morgan fingerprint density at radius 2 is 0.500 bits per heavy atom. The van der Waals surface area contributed by atoms with Crippen molar-refractivity contribution in [2.75, 3.05) is 0 Å². The molecule has 0 saturated carbocycles. The normalized spacial score (nSPS) is 11.9. The Labute approximate surface area is 512 Å². The van der Waals surface area contributed by atoms with E-state index in [2.05, 4.69) is 359 Å². The van der Waals surface area contributed by atoms with Crippen LogP contribution < -0.4 is 20.7 Å². The van der Waals surface area contributed by atoms with E-state index in [-0.39, 0.29) is 0 Å². The summed E-state index contributed by atoms with van der Waals surface area (Å²) in [7, 11) is -2.93. The Bertz CT molecular complexity index is 5280. The zero-order valence-corrected chi connectivity index (χ0v) is 49.3. The van der Waals surface area contributed by atoms with E-state index in [1.54, 1.807) is 0 Å². The maximum absolute atomic E-state index is 2.93. The molecule has 0 spiro atoms. The van der Waals surface area contributed by atoms with E-state index in [0.717, 1.165) is 50.3 Å². The van der Waals surface area contributed by atoms with Gasteiger partial charge in [-0.05, 0) is 138 Å². The third-order valence-electron chi connectivity index (χ3n) is 18.4. The predicted octanol–water partition coefficient (Wildman–Crippen LogP) is 19.0. The molecule has 3 aromatic heterocycles. The van der Waals surface area contributed by atoms with Crippen molar-refractivity contribution in [2.45, 2.75) is 0 Å². The van der Waals surface area contributed by atoms with Gasteiger partial charge < -0.3 is 13.7 Å². The van der Waals surface area contributed by atoms with Crippen molar-refractivity contribution in [3.05, 3.63) is 346 Å². The fourth-order valence-electron chi connectivity index (χ4n) is 14.4. The molecule has 17 aromatic rings. The molecule has 0 N–H and O–H groups in total. The highest BCUT2D eigenvalue weighted by Gasteiger charge is 2.41. The summed E-state index contributed by atoms with van der Waals surface area (Å²) in [5.74, 6) is 0. The second-order valence-corrected chi connectivity index (χ2v) is 27.0. The van der Waals surface area contributed by atoms with Gasteiger partial charge in [0.2, 0.25) is 0 Å². The molecular weight excluding hydrogens is 1080 g/mol. The summed E-state index contributed by atoms with van der Waals surface area (Å²) < 4.78 is 7.46. The summed E-state index contributed by atoms with van der Waals surface area (Å²) in [6.45, 7) is 0. The topological polar surface area (TPSA) is 14.8 Å². The molecule has 0 amide bonds. The van der Waals surface area contributed by atoms with Gasteiger partial charge in [0.1, 0.15) is 0 Å². The average Bonchev–Trinajstić information content (AvgIpc) is 1.57. The summed E-state index contributed by atoms with van der Waals surface area (Å²) >= 11 is 0. The molecular formula is C84H57N3Si. The molecule has 0 saturated heterocycles. The standard InChI is InChI=1S/C84H57N3Si/c1-6-23-58(24-7-1)62-29-22-34-72(53-62)88(69-30-12-4-13-31-69,70-32-14-5-15-33-70)71-46-41-61(42-47-71)65-51-67(86-79-38-19-16-35-73(79)74-36-17-20-39-80(74)86)56-68(52-65)87-81-40-21-18-37-75(81)76-48-45-66(57-84(76)87)85-82-49-43-63(59-25-8-2-9-26-59)54-77(82)78-55-64(44-50-83(78)85)60-27-10-3-11-28-60/h1-57H. The van der Waals surface area contributed by atoms with Gasteiger partial charge in [-0.2, -0.15) is 0 Å². The van der Waals surface area contributed by atoms with E-state index in [4.69, 9.17) is 0 Å². The van der Waals surface area contributed by atoms with Gasteiger partial charge in [0.05, 0.1) is 33.1 Å². The Morgan fingerprint density at radius 1 is 0.159 bits per heavy atom. The third-order valence-corrected chi connectivity index (χ3v) is 23.1. The van der Waals surface area contributed by atoms with E-state index in [0.29, 0.717) is 0 Å². The maximum Gasteiger partial charge on any atom is 0.179 e. The first kappa shape index (κ1) is 51.1. The van der Waals surface area contributed by atoms with Gasteiger partial charge in [-0.1, -0.05) is 273 Å². The number of nitrogens with zero attached hydrogens (tertiary/aromatic N) is 3. The summed E-state index contributed by atoms with van der Waals surface area (Å²) in [4.78, 5) is 0. The van der Waals surface area contributed by atoms with Crippen LogP contribution >= 0.6 is 0 Å². The van der Waals surface area contributed by atoms with E-state index in [1.807, 2.05) is 0 Å². The van der Waals surface area contributed by atoms with Crippen LogP contribution in [0.25, 0.3) is 127 Å². The van der Waals surface area contributed by atoms with Crippen molar-refractivity contribution >= 4 is 94.2 Å². The third kappa shape index (κ3) is 8.33. The minimum absolute atomic E-state index is 1.08. The highest BCUT2D eigenvalue weighted by Crippen LogP contribution is 2.42. The van der Waals surface area contributed by atoms with Gasteiger partial charge in [0, 0.05) is 49.4 Å². The Kier molecular flexibility index (Phi) is 12.2. The van der Waals surface area contributed by atoms with E-state index in [1.165, 1.54) is 97.5 Å². The molecule has 412 valence electrons. The van der Waals surface area contributed by atoms with Gasteiger partial charge in [-0.15, -0.1) is 0 Å². The SMILES string of the molecule is c1ccc(-c2cccc([Si](c3ccccc3)(c3ccccc3)c3ccc(-c4cc(-n5c6ccccc6c6ccccc65)cc(-n5c6ccccc6c6ccc(-n7c8ccc(-c9ccccc9)cc8c8cc(-c9ccccc9)ccc87)cc65)c4)cc3)c2)cc1. The van der Waals surface area contributed by atoms with Crippen LogP contribution in [-0.4, -0.2) is 21.8 Å². The summed E-state index contributed by atoms with van der Waals surface area (Å²) in [5.41, 5.74) is 19.7. The molecule has 0 fully saturated rings. The molecule has 3 heterocycles. The molecule has 0 radical (unpaired) electrons. The van der Waals surface area contributed by atoms with Crippen LogP contribution in [0.2, 0.25) is 0 Å². The molecule has 0 aliphatic rings. The van der Waals surface area contributed by atoms with Crippen molar-refractivity contribution in [3.63, 3.8) is 0 Å². The molecule has 14 aromatic carbocycles. The lowest BCUT2D eigenvalue weighted by Crippen LogP contribution is -2.74. The Balaban J connectivity index is 0.892. The summed E-state index contributed by atoms with van der Waals surface area (Å²) in [5, 5.41) is 12.7. The molecule has 4 heteroatoms. The zero-order valence-electron chi connectivity index (χ0n) is 48.3. The van der Waals surface area contributed by atoms with Gasteiger partial charge in [-0.25, -0.2) is 0 Å². The predicted molar refractivity (Wildman–Crippen MR) is 375 cm³/mol. The van der Waals surface area contributed by atoms with Crippen molar-refractivity contribution in [1.82, 2.24) is 13.7 Å². The van der Waals surface area contributed by atoms with Crippen LogP contribution in [0.5, 0.6) is 0 Å². The fraction of sp³-hybridized carbons (Fsp3) is 0. The molecule has 0 aliphatic heterocycles. The highest BCUT2D eigenvalue weighted by atomic mass is 28.3. The molecule has 0 atom stereocenters. The summed E-state index contributed by atoms with van der Waals surface area (Å²) in [6, 6.07) is 129. The largest absolute Gasteiger partial charge is 0.309 e. The minimum atomic E-state index is -2.93. The van der Waals surface area contributed by atoms with Crippen LogP contribution in [0.1, 0.15) is 0 Å². The number of hydrogen-bond donors (Lipinski definition) is 0. The number of rotatable bonds is 11. The number of benzene rings is 14.